The molecule has 4 aromatic rings. The van der Waals surface area contributed by atoms with Gasteiger partial charge in [-0.15, -0.1) is 0 Å². The van der Waals surface area contributed by atoms with E-state index < -0.39 is 20.3 Å². The summed E-state index contributed by atoms with van der Waals surface area (Å²) in [5, 5.41) is 0. The second-order valence-corrected chi connectivity index (χ2v) is 26.1. The standard InChI is InChI=1S/4C10H13.Zr/c4*1-10(2,3)9-7-5-4-6-8-9;/h4*4-8H,1H2,2-3H3;. The molecule has 0 heterocycles. The van der Waals surface area contributed by atoms with Crippen LogP contribution in [0.15, 0.2) is 121 Å². The van der Waals surface area contributed by atoms with Gasteiger partial charge in [-0.25, -0.2) is 0 Å². The van der Waals surface area contributed by atoms with Gasteiger partial charge in [0.1, 0.15) is 0 Å². The molecule has 0 fully saturated rings. The Kier molecular flexibility index (Phi) is 9.70. The monoisotopic (exact) mass is 622 g/mol. The van der Waals surface area contributed by atoms with E-state index in [4.69, 9.17) is 0 Å². The predicted molar refractivity (Wildman–Crippen MR) is 177 cm³/mol. The van der Waals surface area contributed by atoms with Crippen LogP contribution in [0.1, 0.15) is 77.6 Å². The van der Waals surface area contributed by atoms with Crippen LogP contribution < -0.4 is 0 Å². The minimum atomic E-state index is -3.15. The van der Waals surface area contributed by atoms with Gasteiger partial charge in [0.15, 0.2) is 0 Å². The van der Waals surface area contributed by atoms with Crippen molar-refractivity contribution < 1.29 is 20.3 Å². The van der Waals surface area contributed by atoms with Crippen LogP contribution in [-0.4, -0.2) is 0 Å². The van der Waals surface area contributed by atoms with Crippen molar-refractivity contribution in [3.8, 4) is 0 Å². The summed E-state index contributed by atoms with van der Waals surface area (Å²) in [5.41, 5.74) is 6.38. The van der Waals surface area contributed by atoms with Gasteiger partial charge in [0, 0.05) is 0 Å². The Hall–Kier alpha value is -2.24. The normalized spacial score (nSPS) is 13.3. The van der Waals surface area contributed by atoms with Gasteiger partial charge in [-0.2, -0.15) is 0 Å². The molecule has 1 heteroatoms. The molecule has 0 aromatic heterocycles. The van der Waals surface area contributed by atoms with E-state index in [2.05, 4.69) is 177 Å². The van der Waals surface area contributed by atoms with E-state index in [9.17, 15) is 0 Å². The Labute approximate surface area is 256 Å². The first kappa shape index (κ1) is 31.7. The minimum absolute atomic E-state index is 0.115. The molecule has 0 aliphatic rings. The van der Waals surface area contributed by atoms with Gasteiger partial charge < -0.3 is 0 Å². The molecule has 0 atom stereocenters. The van der Waals surface area contributed by atoms with Crippen LogP contribution >= 0.6 is 0 Å². The first-order valence-electron chi connectivity index (χ1n) is 15.5. The Morgan fingerprint density at radius 1 is 0.317 bits per heavy atom. The Morgan fingerprint density at radius 3 is 0.659 bits per heavy atom. The van der Waals surface area contributed by atoms with Gasteiger partial charge in [0.2, 0.25) is 0 Å². The van der Waals surface area contributed by atoms with Crippen molar-refractivity contribution in [1.82, 2.24) is 0 Å². The summed E-state index contributed by atoms with van der Waals surface area (Å²) in [6, 6.07) is 45.4. The average Bonchev–Trinajstić information content (AvgIpc) is 2.94. The molecule has 0 aliphatic heterocycles. The van der Waals surface area contributed by atoms with E-state index in [-0.39, 0.29) is 21.7 Å². The van der Waals surface area contributed by atoms with E-state index >= 15 is 0 Å². The van der Waals surface area contributed by atoms with E-state index in [1.165, 1.54) is 38.8 Å². The van der Waals surface area contributed by atoms with Gasteiger partial charge in [-0.1, -0.05) is 0 Å². The molecule has 4 rings (SSSR count). The molecule has 0 radical (unpaired) electrons. The van der Waals surface area contributed by atoms with Gasteiger partial charge in [0.25, 0.3) is 0 Å². The third-order valence-corrected chi connectivity index (χ3v) is 25.6. The summed E-state index contributed by atoms with van der Waals surface area (Å²) in [4.78, 5) is 0. The Morgan fingerprint density at radius 2 is 0.488 bits per heavy atom. The third-order valence-electron chi connectivity index (χ3n) is 9.49. The molecule has 0 amide bonds. The van der Waals surface area contributed by atoms with Crippen LogP contribution in [0.25, 0.3) is 0 Å². The van der Waals surface area contributed by atoms with E-state index in [1.807, 2.05) is 0 Å². The number of hydrogen-bond acceptors (Lipinski definition) is 0. The van der Waals surface area contributed by atoms with Gasteiger partial charge in [-0.3, -0.25) is 0 Å². The average molecular weight is 624 g/mol. The maximum atomic E-state index is 2.52. The molecule has 216 valence electrons. The molecule has 0 N–H and O–H groups in total. The molecular formula is C40H52Zr. The van der Waals surface area contributed by atoms with Crippen LogP contribution in [0.4, 0.5) is 0 Å². The molecule has 0 spiro atoms. The molecule has 0 saturated carbocycles. The summed E-state index contributed by atoms with van der Waals surface area (Å²) in [6.07, 6.45) is 0. The Bertz CT molecular complexity index is 1130. The van der Waals surface area contributed by atoms with Crippen LogP contribution in [0.2, 0.25) is 16.5 Å². The zero-order valence-electron chi connectivity index (χ0n) is 26.9. The predicted octanol–water partition coefficient (Wildman–Crippen LogP) is 11.7. The summed E-state index contributed by atoms with van der Waals surface area (Å²) in [7, 11) is 0. The molecule has 41 heavy (non-hydrogen) atoms. The number of rotatable bonds is 12. The van der Waals surface area contributed by atoms with E-state index in [0.29, 0.717) is 0 Å². The van der Waals surface area contributed by atoms with E-state index in [1.54, 1.807) is 0 Å². The van der Waals surface area contributed by atoms with Crippen molar-refractivity contribution in [2.45, 2.75) is 93.6 Å². The fraction of sp³-hybridized carbons (Fsp3) is 0.400. The number of hydrogen-bond donors (Lipinski definition) is 0. The van der Waals surface area contributed by atoms with Gasteiger partial charge in [-0.05, 0) is 0 Å². The Balaban J connectivity index is 1.90. The topological polar surface area (TPSA) is 0 Å². The van der Waals surface area contributed by atoms with Gasteiger partial charge in [0.05, 0.1) is 0 Å². The SMILES string of the molecule is CC(C)([CH2][Zr]([CH2]C(C)(C)c1ccccc1)([CH2]C(C)(C)c1ccccc1)[CH2]C(C)(C)c1ccccc1)c1ccccc1. The molecular weight excluding hydrogens is 572 g/mol. The summed E-state index contributed by atoms with van der Waals surface area (Å²) >= 11 is -3.15. The van der Waals surface area contributed by atoms with Crippen LogP contribution in [0.5, 0.6) is 0 Å². The fourth-order valence-corrected chi connectivity index (χ4v) is 30.4. The second kappa shape index (κ2) is 12.6. The van der Waals surface area contributed by atoms with Crippen molar-refractivity contribution in [2.24, 2.45) is 0 Å². The van der Waals surface area contributed by atoms with Crippen molar-refractivity contribution in [3.63, 3.8) is 0 Å². The maximum absolute atomic E-state index is 3.15. The number of benzene rings is 4. The zero-order valence-corrected chi connectivity index (χ0v) is 29.3. The van der Waals surface area contributed by atoms with Crippen LogP contribution in [-0.2, 0) is 41.9 Å². The molecule has 0 bridgehead atoms. The van der Waals surface area contributed by atoms with Crippen molar-refractivity contribution in [2.75, 3.05) is 0 Å². The second-order valence-electron chi connectivity index (χ2n) is 15.2. The molecule has 0 nitrogen and oxygen atoms in total. The third kappa shape index (κ3) is 7.99. The summed E-state index contributed by atoms with van der Waals surface area (Å²) in [6.45, 7) is 20.2. The molecule has 0 saturated heterocycles. The zero-order chi connectivity index (χ0) is 29.8. The van der Waals surface area contributed by atoms with Crippen LogP contribution in [0, 0.1) is 0 Å². The summed E-state index contributed by atoms with van der Waals surface area (Å²) < 4.78 is 5.31. The first-order valence-corrected chi connectivity index (χ1v) is 22.4. The van der Waals surface area contributed by atoms with Crippen LogP contribution in [0.3, 0.4) is 0 Å². The van der Waals surface area contributed by atoms with Gasteiger partial charge >= 0.3 is 257 Å². The van der Waals surface area contributed by atoms with Crippen molar-refractivity contribution in [3.05, 3.63) is 144 Å². The fourth-order valence-electron chi connectivity index (χ4n) is 8.09. The van der Waals surface area contributed by atoms with Crippen molar-refractivity contribution >= 4 is 0 Å². The quantitative estimate of drug-likeness (QED) is 0.147. The molecule has 0 aliphatic carbocycles. The molecule has 4 aromatic carbocycles. The van der Waals surface area contributed by atoms with E-state index in [0.717, 1.165) is 0 Å². The summed E-state index contributed by atoms with van der Waals surface area (Å²) in [5.74, 6) is 0. The molecule has 0 unspecified atom stereocenters. The first-order chi connectivity index (χ1) is 19.2. The van der Waals surface area contributed by atoms with Crippen molar-refractivity contribution in [1.29, 1.82) is 0 Å².